The third-order valence-corrected chi connectivity index (χ3v) is 5.20. The highest BCUT2D eigenvalue weighted by Crippen LogP contribution is 2.34. The quantitative estimate of drug-likeness (QED) is 0.658. The van der Waals surface area contributed by atoms with Crippen LogP contribution in [0.5, 0.6) is 11.5 Å². The molecule has 156 valence electrons. The Hall–Kier alpha value is -3.32. The number of aryl methyl sites for hydroxylation is 1. The Morgan fingerprint density at radius 2 is 2.07 bits per heavy atom. The first kappa shape index (κ1) is 20.0. The minimum absolute atomic E-state index is 0.172. The van der Waals surface area contributed by atoms with Crippen molar-refractivity contribution in [3.63, 3.8) is 0 Å². The van der Waals surface area contributed by atoms with Gasteiger partial charge in [0.1, 0.15) is 23.3 Å². The Bertz CT molecular complexity index is 1020. The third kappa shape index (κ3) is 4.46. The second-order valence-corrected chi connectivity index (χ2v) is 7.38. The van der Waals surface area contributed by atoms with Gasteiger partial charge in [0, 0.05) is 43.0 Å². The summed E-state index contributed by atoms with van der Waals surface area (Å²) in [5.41, 5.74) is 3.41. The van der Waals surface area contributed by atoms with E-state index in [-0.39, 0.29) is 12.0 Å². The first-order chi connectivity index (χ1) is 14.6. The molecule has 0 saturated carbocycles. The van der Waals surface area contributed by atoms with E-state index in [0.29, 0.717) is 25.3 Å². The summed E-state index contributed by atoms with van der Waals surface area (Å²) in [5, 5.41) is 9.76. The number of ether oxygens (including phenoxy) is 2. The van der Waals surface area contributed by atoms with Crippen LogP contribution in [0.25, 0.3) is 0 Å². The zero-order valence-electron chi connectivity index (χ0n) is 17.2. The van der Waals surface area contributed by atoms with Crippen LogP contribution in [0, 0.1) is 6.92 Å². The summed E-state index contributed by atoms with van der Waals surface area (Å²) in [6, 6.07) is 17.8. The van der Waals surface area contributed by atoms with Crippen molar-refractivity contribution in [3.8, 4) is 11.5 Å². The fourth-order valence-electron chi connectivity index (χ4n) is 3.70. The molecule has 0 bridgehead atoms. The van der Waals surface area contributed by atoms with Gasteiger partial charge in [-0.2, -0.15) is 5.10 Å². The van der Waals surface area contributed by atoms with Crippen LogP contribution >= 0.6 is 0 Å². The number of amides is 1. The molecule has 2 heterocycles. The molecule has 0 aliphatic carbocycles. The third-order valence-electron chi connectivity index (χ3n) is 5.20. The second kappa shape index (κ2) is 9.00. The molecule has 30 heavy (non-hydrogen) atoms. The number of nitrogens with zero attached hydrogens (tertiary/aromatic N) is 2. The number of hydrogen-bond acceptors (Lipinski definition) is 5. The number of aromatic nitrogens is 2. The van der Waals surface area contributed by atoms with Crippen LogP contribution in [0.2, 0.25) is 0 Å². The van der Waals surface area contributed by atoms with E-state index in [9.17, 15) is 4.79 Å². The largest absolute Gasteiger partial charge is 0.496 e. The Kier molecular flexibility index (Phi) is 5.99. The van der Waals surface area contributed by atoms with Gasteiger partial charge in [-0.25, -0.2) is 0 Å². The van der Waals surface area contributed by atoms with Gasteiger partial charge >= 0.3 is 0 Å². The number of hydrogen-bond donors (Lipinski definition) is 2. The van der Waals surface area contributed by atoms with Gasteiger partial charge < -0.3 is 14.8 Å². The first-order valence-electron chi connectivity index (χ1n) is 10.0. The van der Waals surface area contributed by atoms with Gasteiger partial charge in [-0.3, -0.25) is 14.8 Å². The van der Waals surface area contributed by atoms with Crippen molar-refractivity contribution in [2.45, 2.75) is 19.6 Å². The Labute approximate surface area is 176 Å². The van der Waals surface area contributed by atoms with Gasteiger partial charge in [-0.1, -0.05) is 36.4 Å². The van der Waals surface area contributed by atoms with Crippen LogP contribution in [0.1, 0.15) is 33.4 Å². The molecule has 0 radical (unpaired) electrons. The number of methoxy groups -OCH3 is 1. The van der Waals surface area contributed by atoms with Crippen LogP contribution < -0.4 is 14.8 Å². The van der Waals surface area contributed by atoms with E-state index in [4.69, 9.17) is 9.47 Å². The van der Waals surface area contributed by atoms with Crippen molar-refractivity contribution >= 4 is 5.91 Å². The van der Waals surface area contributed by atoms with E-state index in [1.807, 2.05) is 49.4 Å². The zero-order valence-corrected chi connectivity index (χ0v) is 17.2. The number of rotatable bonds is 6. The van der Waals surface area contributed by atoms with E-state index in [2.05, 4.69) is 26.5 Å². The SMILES string of the molecule is COc1ccccc1C1CN(CCNC(=O)c2cc(C)[nH]n2)Cc2ccccc2O1. The minimum Gasteiger partial charge on any atom is -0.496 e. The molecule has 0 saturated heterocycles. The number of benzene rings is 2. The van der Waals surface area contributed by atoms with Crippen molar-refractivity contribution in [3.05, 3.63) is 77.1 Å². The van der Waals surface area contributed by atoms with Crippen molar-refractivity contribution in [1.29, 1.82) is 0 Å². The van der Waals surface area contributed by atoms with Crippen LogP contribution in [0.4, 0.5) is 0 Å². The van der Waals surface area contributed by atoms with Gasteiger partial charge in [0.2, 0.25) is 0 Å². The van der Waals surface area contributed by atoms with Crippen molar-refractivity contribution in [1.82, 2.24) is 20.4 Å². The Morgan fingerprint density at radius 3 is 2.87 bits per heavy atom. The maximum Gasteiger partial charge on any atom is 0.271 e. The fourth-order valence-corrected chi connectivity index (χ4v) is 3.70. The normalized spacial score (nSPS) is 16.3. The molecule has 0 fully saturated rings. The maximum absolute atomic E-state index is 12.3. The summed E-state index contributed by atoms with van der Waals surface area (Å²) in [5.74, 6) is 1.52. The van der Waals surface area contributed by atoms with E-state index >= 15 is 0 Å². The molecule has 1 amide bonds. The van der Waals surface area contributed by atoms with Crippen LogP contribution in [0.15, 0.2) is 54.6 Å². The number of aromatic amines is 1. The second-order valence-electron chi connectivity index (χ2n) is 7.38. The van der Waals surface area contributed by atoms with Gasteiger partial charge in [0.15, 0.2) is 0 Å². The molecule has 0 spiro atoms. The molecule has 4 rings (SSSR count). The summed E-state index contributed by atoms with van der Waals surface area (Å²) in [6.45, 7) is 4.52. The lowest BCUT2D eigenvalue weighted by Crippen LogP contribution is -2.36. The average molecular weight is 406 g/mol. The summed E-state index contributed by atoms with van der Waals surface area (Å²) in [4.78, 5) is 14.6. The predicted octanol–water partition coefficient (Wildman–Crippen LogP) is 3.09. The van der Waals surface area contributed by atoms with Gasteiger partial charge in [-0.05, 0) is 25.1 Å². The summed E-state index contributed by atoms with van der Waals surface area (Å²) >= 11 is 0. The first-order valence-corrected chi connectivity index (χ1v) is 10.0. The number of carbonyl (C=O) groups excluding carboxylic acids is 1. The van der Waals surface area contributed by atoms with Crippen LogP contribution in [0.3, 0.4) is 0 Å². The zero-order chi connectivity index (χ0) is 20.9. The molecule has 2 N–H and O–H groups in total. The fraction of sp³-hybridized carbons (Fsp3) is 0.304. The summed E-state index contributed by atoms with van der Waals surface area (Å²) in [7, 11) is 1.67. The molecular weight excluding hydrogens is 380 g/mol. The number of fused-ring (bicyclic) bond motifs is 1. The molecule has 1 unspecified atom stereocenters. The molecule has 7 heteroatoms. The molecule has 1 aliphatic rings. The predicted molar refractivity (Wildman–Crippen MR) is 114 cm³/mol. The minimum atomic E-state index is -0.174. The lowest BCUT2D eigenvalue weighted by atomic mass is 10.1. The summed E-state index contributed by atoms with van der Waals surface area (Å²) < 4.78 is 12.0. The van der Waals surface area contributed by atoms with Crippen molar-refractivity contribution in [2.24, 2.45) is 0 Å². The van der Waals surface area contributed by atoms with Gasteiger partial charge in [-0.15, -0.1) is 0 Å². The number of para-hydroxylation sites is 2. The van der Waals surface area contributed by atoms with E-state index in [1.54, 1.807) is 13.2 Å². The highest BCUT2D eigenvalue weighted by atomic mass is 16.5. The summed E-state index contributed by atoms with van der Waals surface area (Å²) in [6.07, 6.45) is -0.172. The average Bonchev–Trinajstić information content (AvgIpc) is 3.11. The van der Waals surface area contributed by atoms with Crippen LogP contribution in [-0.2, 0) is 6.54 Å². The van der Waals surface area contributed by atoms with Gasteiger partial charge in [0.25, 0.3) is 5.91 Å². The highest BCUT2D eigenvalue weighted by Gasteiger charge is 2.26. The molecule has 1 aromatic heterocycles. The maximum atomic E-state index is 12.3. The van der Waals surface area contributed by atoms with E-state index in [1.165, 1.54) is 0 Å². The topological polar surface area (TPSA) is 79.5 Å². The number of H-pyrrole nitrogens is 1. The number of carbonyl (C=O) groups is 1. The molecule has 3 aromatic rings. The van der Waals surface area contributed by atoms with Crippen molar-refractivity contribution in [2.75, 3.05) is 26.7 Å². The van der Waals surface area contributed by atoms with Gasteiger partial charge in [0.05, 0.1) is 7.11 Å². The molecule has 1 aliphatic heterocycles. The molecule has 7 nitrogen and oxygen atoms in total. The number of nitrogens with one attached hydrogen (secondary N) is 2. The standard InChI is InChI=1S/C23H26N4O3/c1-16-13-19(26-25-16)23(28)24-11-12-27-14-17-7-3-5-9-20(17)30-22(15-27)18-8-4-6-10-21(18)29-2/h3-10,13,22H,11-12,14-15H2,1-2H3,(H,24,28)(H,25,26). The molecule has 2 aromatic carbocycles. The Morgan fingerprint density at radius 1 is 1.27 bits per heavy atom. The van der Waals surface area contributed by atoms with Crippen molar-refractivity contribution < 1.29 is 14.3 Å². The smallest absolute Gasteiger partial charge is 0.271 e. The van der Waals surface area contributed by atoms with E-state index in [0.717, 1.165) is 34.9 Å². The highest BCUT2D eigenvalue weighted by molar-refractivity contribution is 5.92. The van der Waals surface area contributed by atoms with E-state index < -0.39 is 0 Å². The van der Waals surface area contributed by atoms with Crippen LogP contribution in [-0.4, -0.2) is 47.7 Å². The molecule has 1 atom stereocenters. The Balaban J connectivity index is 1.49. The monoisotopic (exact) mass is 406 g/mol. The lowest BCUT2D eigenvalue weighted by molar-refractivity contribution is 0.0938. The molecular formula is C23H26N4O3. The lowest BCUT2D eigenvalue weighted by Gasteiger charge is -2.25.